The van der Waals surface area contributed by atoms with Crippen LogP contribution in [0.25, 0.3) is 16.4 Å². The zero-order valence-electron chi connectivity index (χ0n) is 12.1. The first kappa shape index (κ1) is 14.2. The van der Waals surface area contributed by atoms with Crippen LogP contribution in [0.2, 0.25) is 0 Å². The third-order valence-corrected chi connectivity index (χ3v) is 3.47. The molecule has 0 aliphatic carbocycles. The zero-order chi connectivity index (χ0) is 16.0. The van der Waals surface area contributed by atoms with Gasteiger partial charge in [0.05, 0.1) is 5.52 Å². The second kappa shape index (κ2) is 4.94. The molecule has 7 heteroatoms. The van der Waals surface area contributed by atoms with Gasteiger partial charge in [0.1, 0.15) is 23.7 Å². The molecule has 0 bridgehead atoms. The Balaban J connectivity index is 2.47. The largest absolute Gasteiger partial charge is 0.480 e. The van der Waals surface area contributed by atoms with Gasteiger partial charge in [0.15, 0.2) is 0 Å². The molecule has 1 aromatic carbocycles. The van der Waals surface area contributed by atoms with Crippen LogP contribution in [-0.2, 0) is 11.3 Å². The minimum absolute atomic E-state index is 0.0676. The van der Waals surface area contributed by atoms with Crippen molar-refractivity contribution < 1.29 is 14.3 Å². The summed E-state index contributed by atoms with van der Waals surface area (Å²) in [6, 6.07) is 5.88. The van der Waals surface area contributed by atoms with E-state index in [-0.39, 0.29) is 5.92 Å². The molecule has 0 saturated carbocycles. The minimum atomic E-state index is -1.14. The van der Waals surface area contributed by atoms with Gasteiger partial charge < -0.3 is 5.11 Å². The van der Waals surface area contributed by atoms with Crippen LogP contribution in [0.15, 0.2) is 29.1 Å². The molecule has 1 N–H and O–H groups in total. The van der Waals surface area contributed by atoms with Crippen molar-refractivity contribution in [3.05, 3.63) is 46.3 Å². The SMILES string of the molecule is CC(C)c1nn(CC(=O)O)c(=O)c2cc3ccc(F)cc3n12. The maximum atomic E-state index is 13.5. The van der Waals surface area contributed by atoms with Gasteiger partial charge in [0, 0.05) is 11.3 Å². The average Bonchev–Trinajstić information content (AvgIpc) is 2.80. The summed E-state index contributed by atoms with van der Waals surface area (Å²) in [7, 11) is 0. The fourth-order valence-electron chi connectivity index (χ4n) is 2.53. The highest BCUT2D eigenvalue weighted by Crippen LogP contribution is 2.23. The van der Waals surface area contributed by atoms with Gasteiger partial charge in [-0.15, -0.1) is 0 Å². The molecular weight excluding hydrogens is 289 g/mol. The van der Waals surface area contributed by atoms with E-state index in [4.69, 9.17) is 5.11 Å². The Morgan fingerprint density at radius 2 is 2.05 bits per heavy atom. The predicted molar refractivity (Wildman–Crippen MR) is 78.6 cm³/mol. The maximum absolute atomic E-state index is 13.5. The Bertz CT molecular complexity index is 956. The molecule has 3 aromatic rings. The number of aromatic nitrogens is 3. The van der Waals surface area contributed by atoms with Crippen molar-refractivity contribution in [1.82, 2.24) is 14.2 Å². The Kier molecular flexibility index (Phi) is 3.20. The number of nitrogens with zero attached hydrogens (tertiary/aromatic N) is 3. The van der Waals surface area contributed by atoms with Crippen molar-refractivity contribution >= 4 is 22.4 Å². The Labute approximate surface area is 124 Å². The lowest BCUT2D eigenvalue weighted by molar-refractivity contribution is -0.138. The summed E-state index contributed by atoms with van der Waals surface area (Å²) in [6.45, 7) is 3.25. The number of benzene rings is 1. The lowest BCUT2D eigenvalue weighted by Crippen LogP contribution is -2.30. The van der Waals surface area contributed by atoms with E-state index in [9.17, 15) is 14.0 Å². The molecule has 0 radical (unpaired) electrons. The van der Waals surface area contributed by atoms with Crippen LogP contribution in [-0.4, -0.2) is 25.3 Å². The van der Waals surface area contributed by atoms with Crippen LogP contribution in [0.5, 0.6) is 0 Å². The Morgan fingerprint density at radius 1 is 1.32 bits per heavy atom. The molecular formula is C15H14FN3O3. The molecule has 6 nitrogen and oxygen atoms in total. The van der Waals surface area contributed by atoms with Crippen molar-refractivity contribution in [3.8, 4) is 0 Å². The number of aliphatic carboxylic acids is 1. The summed E-state index contributed by atoms with van der Waals surface area (Å²) in [5.74, 6) is -1.11. The monoisotopic (exact) mass is 303 g/mol. The molecule has 3 rings (SSSR count). The number of carbonyl (C=O) groups is 1. The van der Waals surface area contributed by atoms with Gasteiger partial charge in [0.2, 0.25) is 0 Å². The first-order chi connectivity index (χ1) is 10.4. The number of hydrogen-bond donors (Lipinski definition) is 1. The number of halogens is 1. The van der Waals surface area contributed by atoms with E-state index in [1.54, 1.807) is 16.5 Å². The summed E-state index contributed by atoms with van der Waals surface area (Å²) >= 11 is 0. The van der Waals surface area contributed by atoms with E-state index < -0.39 is 23.9 Å². The summed E-state index contributed by atoms with van der Waals surface area (Å²) in [4.78, 5) is 23.3. The molecule has 0 spiro atoms. The van der Waals surface area contributed by atoms with Crippen LogP contribution < -0.4 is 5.56 Å². The normalized spacial score (nSPS) is 11.6. The highest BCUT2D eigenvalue weighted by Gasteiger charge is 2.17. The third kappa shape index (κ3) is 2.14. The molecule has 0 saturated heterocycles. The van der Waals surface area contributed by atoms with Crippen LogP contribution in [0.3, 0.4) is 0 Å². The molecule has 0 aliphatic heterocycles. The highest BCUT2D eigenvalue weighted by atomic mass is 19.1. The van der Waals surface area contributed by atoms with Gasteiger partial charge in [-0.3, -0.25) is 14.0 Å². The van der Waals surface area contributed by atoms with Crippen molar-refractivity contribution in [2.45, 2.75) is 26.3 Å². The zero-order valence-corrected chi connectivity index (χ0v) is 12.1. The van der Waals surface area contributed by atoms with E-state index >= 15 is 0 Å². The molecule has 0 atom stereocenters. The third-order valence-electron chi connectivity index (χ3n) is 3.47. The standard InChI is InChI=1S/C15H14FN3O3/c1-8(2)14-17-18(7-13(20)21)15(22)12-5-9-3-4-10(16)6-11(9)19(12)14/h3-6,8H,7H2,1-2H3,(H,20,21). The lowest BCUT2D eigenvalue weighted by atomic mass is 10.2. The fraction of sp³-hybridized carbons (Fsp3) is 0.267. The van der Waals surface area contributed by atoms with Crippen molar-refractivity contribution in [1.29, 1.82) is 0 Å². The molecule has 0 unspecified atom stereocenters. The van der Waals surface area contributed by atoms with Crippen LogP contribution in [0.1, 0.15) is 25.6 Å². The van der Waals surface area contributed by atoms with Crippen molar-refractivity contribution in [2.75, 3.05) is 0 Å². The number of carboxylic acids is 1. The molecule has 0 aliphatic rings. The van der Waals surface area contributed by atoms with E-state index in [1.165, 1.54) is 12.1 Å². The maximum Gasteiger partial charge on any atom is 0.325 e. The van der Waals surface area contributed by atoms with Gasteiger partial charge in [-0.1, -0.05) is 13.8 Å². The topological polar surface area (TPSA) is 76.6 Å². The fourth-order valence-corrected chi connectivity index (χ4v) is 2.53. The van der Waals surface area contributed by atoms with Crippen molar-refractivity contribution in [2.24, 2.45) is 0 Å². The molecule has 22 heavy (non-hydrogen) atoms. The Morgan fingerprint density at radius 3 is 2.68 bits per heavy atom. The Hall–Kier alpha value is -2.70. The second-order valence-electron chi connectivity index (χ2n) is 5.44. The number of fused-ring (bicyclic) bond motifs is 3. The van der Waals surface area contributed by atoms with Crippen LogP contribution in [0, 0.1) is 5.82 Å². The smallest absolute Gasteiger partial charge is 0.325 e. The number of hydrogen-bond acceptors (Lipinski definition) is 3. The van der Waals surface area contributed by atoms with E-state index in [0.29, 0.717) is 22.2 Å². The average molecular weight is 303 g/mol. The van der Waals surface area contributed by atoms with Gasteiger partial charge in [-0.25, -0.2) is 9.07 Å². The van der Waals surface area contributed by atoms with Gasteiger partial charge in [0.25, 0.3) is 5.56 Å². The predicted octanol–water partition coefficient (Wildman–Crippen LogP) is 2.00. The first-order valence-electron chi connectivity index (χ1n) is 6.82. The molecule has 114 valence electrons. The van der Waals surface area contributed by atoms with Crippen molar-refractivity contribution in [3.63, 3.8) is 0 Å². The summed E-state index contributed by atoms with van der Waals surface area (Å²) in [6.07, 6.45) is 0. The molecule has 2 heterocycles. The quantitative estimate of drug-likeness (QED) is 0.803. The van der Waals surface area contributed by atoms with Gasteiger partial charge in [-0.2, -0.15) is 5.10 Å². The summed E-state index contributed by atoms with van der Waals surface area (Å²) in [5, 5.41) is 13.8. The van der Waals surface area contributed by atoms with Crippen LogP contribution in [0.4, 0.5) is 4.39 Å². The van der Waals surface area contributed by atoms with Gasteiger partial charge in [-0.05, 0) is 24.3 Å². The molecule has 0 fully saturated rings. The summed E-state index contributed by atoms with van der Waals surface area (Å²) < 4.78 is 16.1. The number of carboxylic acid groups (broad SMARTS) is 1. The molecule has 2 aromatic heterocycles. The van der Waals surface area contributed by atoms with E-state index in [1.807, 2.05) is 13.8 Å². The van der Waals surface area contributed by atoms with Gasteiger partial charge >= 0.3 is 5.97 Å². The summed E-state index contributed by atoms with van der Waals surface area (Å²) in [5.41, 5.74) is 0.328. The van der Waals surface area contributed by atoms with E-state index in [0.717, 1.165) is 4.68 Å². The first-order valence-corrected chi connectivity index (χ1v) is 6.82. The molecule has 0 amide bonds. The lowest BCUT2D eigenvalue weighted by Gasteiger charge is -2.12. The van der Waals surface area contributed by atoms with Crippen LogP contribution >= 0.6 is 0 Å². The number of rotatable bonds is 3. The van der Waals surface area contributed by atoms with E-state index in [2.05, 4.69) is 5.10 Å². The second-order valence-corrected chi connectivity index (χ2v) is 5.44. The minimum Gasteiger partial charge on any atom is -0.480 e. The highest BCUT2D eigenvalue weighted by molar-refractivity contribution is 5.87.